The molecule has 0 radical (unpaired) electrons. The summed E-state index contributed by atoms with van der Waals surface area (Å²) in [7, 11) is 3.81. The first-order valence-corrected chi connectivity index (χ1v) is 9.97. The summed E-state index contributed by atoms with van der Waals surface area (Å²) in [6, 6.07) is 5.49. The minimum absolute atomic E-state index is 0.00867. The summed E-state index contributed by atoms with van der Waals surface area (Å²) in [6.07, 6.45) is 0.390. The van der Waals surface area contributed by atoms with Crippen molar-refractivity contribution in [3.05, 3.63) is 23.8 Å². The van der Waals surface area contributed by atoms with Crippen LogP contribution in [0.3, 0.4) is 0 Å². The van der Waals surface area contributed by atoms with Crippen molar-refractivity contribution in [1.82, 2.24) is 9.80 Å². The highest BCUT2D eigenvalue weighted by Crippen LogP contribution is 2.35. The van der Waals surface area contributed by atoms with Crippen molar-refractivity contribution in [2.75, 3.05) is 58.5 Å². The van der Waals surface area contributed by atoms with Gasteiger partial charge in [-0.3, -0.25) is 9.59 Å². The number of likely N-dealkylation sites (N-methyl/N-ethyl adjacent to an activating group) is 1. The van der Waals surface area contributed by atoms with Gasteiger partial charge in [0.25, 0.3) is 5.91 Å². The van der Waals surface area contributed by atoms with Crippen molar-refractivity contribution in [3.8, 4) is 5.75 Å². The quantitative estimate of drug-likeness (QED) is 0.769. The van der Waals surface area contributed by atoms with E-state index in [1.54, 1.807) is 4.90 Å². The number of amides is 2. The molecular weight excluding hydrogens is 358 g/mol. The number of ether oxygens (including phenoxy) is 2. The van der Waals surface area contributed by atoms with Crippen LogP contribution < -0.4 is 9.64 Å². The SMILES string of the molecule is CC(C)CN(C)C(=O)C[C@H]1COc2ccc(C(=O)N3CCOCC3)cc2N1C. The standard InChI is InChI=1S/C21H31N3O4/c1-15(2)13-22(3)20(25)12-17-14-28-19-6-5-16(11-18(19)23(17)4)21(26)24-7-9-27-10-8-24/h5-6,11,15,17H,7-10,12-14H2,1-4H3/t17-/m0/s1. The number of morpholine rings is 1. The molecule has 1 atom stereocenters. The predicted molar refractivity (Wildman–Crippen MR) is 108 cm³/mol. The molecular formula is C21H31N3O4. The van der Waals surface area contributed by atoms with Gasteiger partial charge in [-0.1, -0.05) is 13.8 Å². The molecule has 0 aliphatic carbocycles. The van der Waals surface area contributed by atoms with Crippen molar-refractivity contribution in [2.24, 2.45) is 5.92 Å². The lowest BCUT2D eigenvalue weighted by Crippen LogP contribution is -2.45. The molecule has 0 N–H and O–H groups in total. The van der Waals surface area contributed by atoms with E-state index in [1.165, 1.54) is 0 Å². The Labute approximate surface area is 167 Å². The Bertz CT molecular complexity index is 716. The summed E-state index contributed by atoms with van der Waals surface area (Å²) in [4.78, 5) is 31.0. The Hall–Kier alpha value is -2.28. The van der Waals surface area contributed by atoms with Crippen LogP contribution in [0.4, 0.5) is 5.69 Å². The van der Waals surface area contributed by atoms with Crippen LogP contribution in [-0.4, -0.2) is 81.2 Å². The lowest BCUT2D eigenvalue weighted by atomic mass is 10.1. The van der Waals surface area contributed by atoms with Gasteiger partial charge in [0.2, 0.25) is 5.91 Å². The largest absolute Gasteiger partial charge is 0.489 e. The Morgan fingerprint density at radius 3 is 2.64 bits per heavy atom. The molecule has 2 aliphatic rings. The molecule has 1 aromatic carbocycles. The third-order valence-electron chi connectivity index (χ3n) is 5.34. The highest BCUT2D eigenvalue weighted by molar-refractivity contribution is 5.96. The van der Waals surface area contributed by atoms with E-state index in [-0.39, 0.29) is 17.9 Å². The van der Waals surface area contributed by atoms with Crippen molar-refractivity contribution in [1.29, 1.82) is 0 Å². The number of fused-ring (bicyclic) bond motifs is 1. The Morgan fingerprint density at radius 2 is 1.96 bits per heavy atom. The first-order valence-electron chi connectivity index (χ1n) is 9.97. The summed E-state index contributed by atoms with van der Waals surface area (Å²) in [6.45, 7) is 7.78. The fourth-order valence-corrected chi connectivity index (χ4v) is 3.69. The van der Waals surface area contributed by atoms with Gasteiger partial charge in [-0.15, -0.1) is 0 Å². The minimum Gasteiger partial charge on any atom is -0.489 e. The highest BCUT2D eigenvalue weighted by atomic mass is 16.5. The van der Waals surface area contributed by atoms with Crippen molar-refractivity contribution in [3.63, 3.8) is 0 Å². The number of rotatable bonds is 5. The van der Waals surface area contributed by atoms with Gasteiger partial charge in [0.1, 0.15) is 12.4 Å². The molecule has 7 heteroatoms. The van der Waals surface area contributed by atoms with Gasteiger partial charge < -0.3 is 24.2 Å². The molecule has 3 rings (SSSR count). The Balaban J connectivity index is 1.71. The van der Waals surface area contributed by atoms with E-state index in [1.807, 2.05) is 37.2 Å². The zero-order valence-corrected chi connectivity index (χ0v) is 17.3. The first kappa shape index (κ1) is 20.5. The maximum atomic E-state index is 12.8. The molecule has 0 saturated carbocycles. The predicted octanol–water partition coefficient (Wildman–Crippen LogP) is 1.86. The maximum absolute atomic E-state index is 12.8. The van der Waals surface area contributed by atoms with E-state index in [0.29, 0.717) is 50.8 Å². The summed E-state index contributed by atoms with van der Waals surface area (Å²) in [5.74, 6) is 1.30. The van der Waals surface area contributed by atoms with E-state index >= 15 is 0 Å². The average Bonchev–Trinajstić information content (AvgIpc) is 2.69. The van der Waals surface area contributed by atoms with Gasteiger partial charge in [0.15, 0.2) is 0 Å². The van der Waals surface area contributed by atoms with Gasteiger partial charge in [0, 0.05) is 39.3 Å². The molecule has 7 nitrogen and oxygen atoms in total. The number of anilines is 1. The summed E-state index contributed by atoms with van der Waals surface area (Å²) >= 11 is 0. The third-order valence-corrected chi connectivity index (χ3v) is 5.34. The zero-order valence-electron chi connectivity index (χ0n) is 17.3. The summed E-state index contributed by atoms with van der Waals surface area (Å²) in [5.41, 5.74) is 1.50. The maximum Gasteiger partial charge on any atom is 0.254 e. The molecule has 1 saturated heterocycles. The number of hydrogen-bond acceptors (Lipinski definition) is 5. The average molecular weight is 389 g/mol. The number of hydrogen-bond donors (Lipinski definition) is 0. The summed E-state index contributed by atoms with van der Waals surface area (Å²) < 4.78 is 11.2. The third kappa shape index (κ3) is 4.58. The van der Waals surface area contributed by atoms with E-state index in [0.717, 1.165) is 18.0 Å². The van der Waals surface area contributed by atoms with Gasteiger partial charge >= 0.3 is 0 Å². The molecule has 0 bridgehead atoms. The Kier molecular flexibility index (Phi) is 6.44. The van der Waals surface area contributed by atoms with Gasteiger partial charge in [-0.05, 0) is 24.1 Å². The fraction of sp³-hybridized carbons (Fsp3) is 0.619. The smallest absolute Gasteiger partial charge is 0.254 e. The van der Waals surface area contributed by atoms with Crippen molar-refractivity contribution >= 4 is 17.5 Å². The monoisotopic (exact) mass is 389 g/mol. The van der Waals surface area contributed by atoms with Crippen LogP contribution in [0.1, 0.15) is 30.6 Å². The normalized spacial score (nSPS) is 19.2. The van der Waals surface area contributed by atoms with Crippen LogP contribution in [0.5, 0.6) is 5.75 Å². The molecule has 2 aliphatic heterocycles. The van der Waals surface area contributed by atoms with E-state index in [9.17, 15) is 9.59 Å². The topological polar surface area (TPSA) is 62.3 Å². The van der Waals surface area contributed by atoms with Gasteiger partial charge in [-0.2, -0.15) is 0 Å². The first-order chi connectivity index (χ1) is 13.4. The molecule has 0 aromatic heterocycles. The fourth-order valence-electron chi connectivity index (χ4n) is 3.69. The second-order valence-corrected chi connectivity index (χ2v) is 8.04. The van der Waals surface area contributed by atoms with E-state index in [4.69, 9.17) is 9.47 Å². The molecule has 0 spiro atoms. The molecule has 154 valence electrons. The zero-order chi connectivity index (χ0) is 20.3. The molecule has 28 heavy (non-hydrogen) atoms. The van der Waals surface area contributed by atoms with Crippen LogP contribution in [0.2, 0.25) is 0 Å². The van der Waals surface area contributed by atoms with Crippen molar-refractivity contribution in [2.45, 2.75) is 26.3 Å². The lowest BCUT2D eigenvalue weighted by Gasteiger charge is -2.36. The number of nitrogens with zero attached hydrogens (tertiary/aromatic N) is 3. The molecule has 1 fully saturated rings. The molecule has 0 unspecified atom stereocenters. The van der Waals surface area contributed by atoms with Crippen LogP contribution in [-0.2, 0) is 9.53 Å². The minimum atomic E-state index is -0.0525. The molecule has 2 amide bonds. The number of benzene rings is 1. The van der Waals surface area contributed by atoms with Crippen LogP contribution >= 0.6 is 0 Å². The van der Waals surface area contributed by atoms with Crippen LogP contribution in [0.15, 0.2) is 18.2 Å². The van der Waals surface area contributed by atoms with Crippen LogP contribution in [0.25, 0.3) is 0 Å². The van der Waals surface area contributed by atoms with Gasteiger partial charge in [-0.25, -0.2) is 0 Å². The highest BCUT2D eigenvalue weighted by Gasteiger charge is 2.29. The summed E-state index contributed by atoms with van der Waals surface area (Å²) in [5, 5.41) is 0. The van der Waals surface area contributed by atoms with Crippen molar-refractivity contribution < 1.29 is 19.1 Å². The lowest BCUT2D eigenvalue weighted by molar-refractivity contribution is -0.130. The number of carbonyl (C=O) groups excluding carboxylic acids is 2. The Morgan fingerprint density at radius 1 is 1.25 bits per heavy atom. The number of carbonyl (C=O) groups is 2. The van der Waals surface area contributed by atoms with E-state index in [2.05, 4.69) is 18.7 Å². The molecule has 1 aromatic rings. The van der Waals surface area contributed by atoms with Crippen LogP contribution in [0, 0.1) is 5.92 Å². The molecule has 2 heterocycles. The second kappa shape index (κ2) is 8.82. The van der Waals surface area contributed by atoms with Gasteiger partial charge in [0.05, 0.1) is 31.4 Å². The second-order valence-electron chi connectivity index (χ2n) is 8.04. The van der Waals surface area contributed by atoms with E-state index < -0.39 is 0 Å².